The summed E-state index contributed by atoms with van der Waals surface area (Å²) in [6.45, 7) is 4.26. The first-order valence-corrected chi connectivity index (χ1v) is 7.94. The van der Waals surface area contributed by atoms with Gasteiger partial charge in [-0.25, -0.2) is 0 Å². The molecule has 0 amide bonds. The molecule has 1 aliphatic rings. The molecule has 4 nitrogen and oxygen atoms in total. The summed E-state index contributed by atoms with van der Waals surface area (Å²) < 4.78 is 5.92. The van der Waals surface area contributed by atoms with E-state index in [2.05, 4.69) is 46.7 Å². The zero-order chi connectivity index (χ0) is 14.5. The van der Waals surface area contributed by atoms with Crippen molar-refractivity contribution in [3.8, 4) is 0 Å². The van der Waals surface area contributed by atoms with Crippen LogP contribution in [0.15, 0.2) is 34.7 Å². The largest absolute Gasteiger partial charge is 0.424 e. The van der Waals surface area contributed by atoms with E-state index >= 15 is 0 Å². The second kappa shape index (κ2) is 6.39. The van der Waals surface area contributed by atoms with E-state index in [9.17, 15) is 0 Å². The van der Waals surface area contributed by atoms with Crippen LogP contribution in [0.4, 0.5) is 0 Å². The number of aromatic nitrogens is 2. The Labute approximate surface area is 126 Å². The van der Waals surface area contributed by atoms with Crippen molar-refractivity contribution in [1.82, 2.24) is 15.5 Å². The normalized spacial score (nSPS) is 16.0. The van der Waals surface area contributed by atoms with E-state index < -0.39 is 0 Å². The summed E-state index contributed by atoms with van der Waals surface area (Å²) in [7, 11) is 0. The van der Waals surface area contributed by atoms with Gasteiger partial charge in [-0.05, 0) is 44.3 Å². The van der Waals surface area contributed by atoms with Gasteiger partial charge in [-0.2, -0.15) is 0 Å². The van der Waals surface area contributed by atoms with Crippen molar-refractivity contribution in [1.29, 1.82) is 0 Å². The van der Waals surface area contributed by atoms with Crippen LogP contribution in [0.2, 0.25) is 0 Å². The lowest BCUT2D eigenvalue weighted by Gasteiger charge is -2.10. The SMILES string of the molecule is CCCNCCCc1nnc(C2(c3ccccc3)CC2)o1. The minimum absolute atomic E-state index is 0.00697. The van der Waals surface area contributed by atoms with Crippen LogP contribution in [0, 0.1) is 0 Å². The number of hydrogen-bond acceptors (Lipinski definition) is 4. The fraction of sp³-hybridized carbons (Fsp3) is 0.529. The Morgan fingerprint density at radius 3 is 2.67 bits per heavy atom. The third-order valence-corrected chi connectivity index (χ3v) is 4.12. The Hall–Kier alpha value is -1.68. The van der Waals surface area contributed by atoms with Crippen LogP contribution in [0.5, 0.6) is 0 Å². The van der Waals surface area contributed by atoms with E-state index in [0.717, 1.165) is 50.6 Å². The highest BCUT2D eigenvalue weighted by molar-refractivity contribution is 5.37. The number of benzene rings is 1. The van der Waals surface area contributed by atoms with Crippen LogP contribution < -0.4 is 5.32 Å². The molecule has 1 fully saturated rings. The molecule has 1 aliphatic carbocycles. The lowest BCUT2D eigenvalue weighted by Crippen LogP contribution is -2.16. The van der Waals surface area contributed by atoms with Crippen molar-refractivity contribution in [2.24, 2.45) is 0 Å². The van der Waals surface area contributed by atoms with Gasteiger partial charge in [0.15, 0.2) is 0 Å². The van der Waals surface area contributed by atoms with Gasteiger partial charge in [0.05, 0.1) is 5.41 Å². The lowest BCUT2D eigenvalue weighted by atomic mass is 9.96. The highest BCUT2D eigenvalue weighted by Crippen LogP contribution is 2.52. The summed E-state index contributed by atoms with van der Waals surface area (Å²) >= 11 is 0. The third kappa shape index (κ3) is 3.16. The molecule has 0 radical (unpaired) electrons. The Bertz CT molecular complexity index is 560. The molecule has 112 valence electrons. The highest BCUT2D eigenvalue weighted by Gasteiger charge is 2.50. The van der Waals surface area contributed by atoms with Gasteiger partial charge in [0.1, 0.15) is 0 Å². The van der Waals surface area contributed by atoms with Gasteiger partial charge in [-0.3, -0.25) is 0 Å². The summed E-state index contributed by atoms with van der Waals surface area (Å²) in [5.74, 6) is 1.57. The van der Waals surface area contributed by atoms with Gasteiger partial charge in [0.2, 0.25) is 11.8 Å². The zero-order valence-electron chi connectivity index (χ0n) is 12.6. The van der Waals surface area contributed by atoms with Gasteiger partial charge in [0.25, 0.3) is 0 Å². The van der Waals surface area contributed by atoms with Crippen molar-refractivity contribution in [2.75, 3.05) is 13.1 Å². The van der Waals surface area contributed by atoms with Crippen LogP contribution >= 0.6 is 0 Å². The average Bonchev–Trinajstić information content (AvgIpc) is 3.21. The first-order valence-electron chi connectivity index (χ1n) is 7.94. The van der Waals surface area contributed by atoms with Gasteiger partial charge >= 0.3 is 0 Å². The van der Waals surface area contributed by atoms with Crippen LogP contribution in [0.25, 0.3) is 0 Å². The minimum atomic E-state index is -0.00697. The van der Waals surface area contributed by atoms with Crippen molar-refractivity contribution in [2.45, 2.75) is 44.4 Å². The molecule has 1 aromatic heterocycles. The highest BCUT2D eigenvalue weighted by atomic mass is 16.4. The predicted molar refractivity (Wildman–Crippen MR) is 82.2 cm³/mol. The summed E-state index contributed by atoms with van der Waals surface area (Å²) in [6.07, 6.45) is 5.28. The second-order valence-electron chi connectivity index (χ2n) is 5.80. The molecule has 0 spiro atoms. The number of hydrogen-bond donors (Lipinski definition) is 1. The predicted octanol–water partition coefficient (Wildman–Crippen LogP) is 3.08. The number of nitrogens with one attached hydrogen (secondary N) is 1. The van der Waals surface area contributed by atoms with Crippen LogP contribution in [-0.2, 0) is 11.8 Å². The molecule has 2 aromatic rings. The first-order chi connectivity index (χ1) is 10.3. The van der Waals surface area contributed by atoms with Crippen LogP contribution in [0.1, 0.15) is 50.0 Å². The van der Waals surface area contributed by atoms with Crippen molar-refractivity contribution in [3.63, 3.8) is 0 Å². The van der Waals surface area contributed by atoms with E-state index in [1.165, 1.54) is 12.0 Å². The quantitative estimate of drug-likeness (QED) is 0.757. The molecule has 0 unspecified atom stereocenters. The van der Waals surface area contributed by atoms with Crippen molar-refractivity contribution < 1.29 is 4.42 Å². The standard InChI is InChI=1S/C17H23N3O/c1-2-12-18-13-6-9-15-19-20-16(21-15)17(10-11-17)14-7-4-3-5-8-14/h3-5,7-8,18H,2,6,9-13H2,1H3. The Morgan fingerprint density at radius 1 is 1.14 bits per heavy atom. The molecule has 0 bridgehead atoms. The Kier molecular flexibility index (Phi) is 4.34. The smallest absolute Gasteiger partial charge is 0.227 e. The molecule has 1 aromatic carbocycles. The van der Waals surface area contributed by atoms with E-state index in [4.69, 9.17) is 4.42 Å². The molecule has 21 heavy (non-hydrogen) atoms. The van der Waals surface area contributed by atoms with Crippen molar-refractivity contribution in [3.05, 3.63) is 47.7 Å². The summed E-state index contributed by atoms with van der Waals surface area (Å²) in [5, 5.41) is 11.9. The molecule has 0 saturated heterocycles. The van der Waals surface area contributed by atoms with Gasteiger partial charge in [-0.15, -0.1) is 10.2 Å². The molecule has 3 rings (SSSR count). The summed E-state index contributed by atoms with van der Waals surface area (Å²) in [5.41, 5.74) is 1.29. The van der Waals surface area contributed by atoms with E-state index in [-0.39, 0.29) is 5.41 Å². The van der Waals surface area contributed by atoms with E-state index in [1.807, 2.05) is 6.07 Å². The lowest BCUT2D eigenvalue weighted by molar-refractivity contribution is 0.420. The monoisotopic (exact) mass is 285 g/mol. The molecular formula is C17H23N3O. The van der Waals surface area contributed by atoms with Crippen LogP contribution in [0.3, 0.4) is 0 Å². The van der Waals surface area contributed by atoms with E-state index in [1.54, 1.807) is 0 Å². The van der Waals surface area contributed by atoms with Gasteiger partial charge < -0.3 is 9.73 Å². The average molecular weight is 285 g/mol. The van der Waals surface area contributed by atoms with Crippen molar-refractivity contribution >= 4 is 0 Å². The number of nitrogens with zero attached hydrogens (tertiary/aromatic N) is 2. The molecule has 1 saturated carbocycles. The maximum absolute atomic E-state index is 5.92. The van der Waals surface area contributed by atoms with Gasteiger partial charge in [0, 0.05) is 6.42 Å². The number of rotatable bonds is 8. The summed E-state index contributed by atoms with van der Waals surface area (Å²) in [6, 6.07) is 10.5. The topological polar surface area (TPSA) is 51.0 Å². The molecule has 1 heterocycles. The molecule has 4 heteroatoms. The molecule has 1 N–H and O–H groups in total. The maximum atomic E-state index is 5.92. The fourth-order valence-electron chi connectivity index (χ4n) is 2.72. The minimum Gasteiger partial charge on any atom is -0.424 e. The summed E-state index contributed by atoms with van der Waals surface area (Å²) in [4.78, 5) is 0. The maximum Gasteiger partial charge on any atom is 0.227 e. The molecule has 0 aliphatic heterocycles. The van der Waals surface area contributed by atoms with E-state index in [0.29, 0.717) is 0 Å². The van der Waals surface area contributed by atoms with Crippen LogP contribution in [-0.4, -0.2) is 23.3 Å². The second-order valence-corrected chi connectivity index (χ2v) is 5.80. The first kappa shape index (κ1) is 14.3. The zero-order valence-corrected chi connectivity index (χ0v) is 12.6. The van der Waals surface area contributed by atoms with Gasteiger partial charge in [-0.1, -0.05) is 37.3 Å². The molecular weight excluding hydrogens is 262 g/mol. The fourth-order valence-corrected chi connectivity index (χ4v) is 2.72. The third-order valence-electron chi connectivity index (χ3n) is 4.12. The number of aryl methyl sites for hydroxylation is 1. The Morgan fingerprint density at radius 2 is 1.95 bits per heavy atom. The Balaban J connectivity index is 1.60. The molecule has 0 atom stereocenters.